The lowest BCUT2D eigenvalue weighted by atomic mass is 9.96. The molecule has 8 amide bonds. The molecule has 10 atom stereocenters. The molecule has 0 bridgehead atoms. The van der Waals surface area contributed by atoms with Gasteiger partial charge in [0, 0.05) is 6.42 Å². The predicted octanol–water partition coefficient (Wildman–Crippen LogP) is -5.18. The highest BCUT2D eigenvalue weighted by atomic mass is 16.4. The number of aliphatic hydroxyl groups excluding tert-OH is 3. The normalized spacial score (nSPS) is 15.6. The molecule has 1 rings (SSSR count). The second-order valence-electron chi connectivity index (χ2n) is 16.2. The minimum absolute atomic E-state index is 0.0567. The molecule has 25 heteroatoms. The highest BCUT2D eigenvalue weighted by Gasteiger charge is 2.35. The Kier molecular flexibility index (Phi) is 26.4. The zero-order valence-electron chi connectivity index (χ0n) is 38.3. The van der Waals surface area contributed by atoms with E-state index in [4.69, 9.17) is 16.6 Å². The van der Waals surface area contributed by atoms with Gasteiger partial charge in [-0.1, -0.05) is 64.4 Å². The number of hydrogen-bond donors (Lipinski definition) is 15. The minimum atomic E-state index is -1.92. The maximum Gasteiger partial charge on any atom is 0.328 e. The van der Waals surface area contributed by atoms with Crippen molar-refractivity contribution in [3.8, 4) is 0 Å². The molecule has 376 valence electrons. The van der Waals surface area contributed by atoms with Crippen molar-refractivity contribution in [1.29, 1.82) is 0 Å². The molecule has 0 saturated carbocycles. The first kappa shape index (κ1) is 58.7. The molecule has 0 aliphatic heterocycles. The van der Waals surface area contributed by atoms with Crippen molar-refractivity contribution in [2.45, 2.75) is 128 Å². The number of carboxylic acids is 2. The van der Waals surface area contributed by atoms with Gasteiger partial charge in [0.1, 0.15) is 48.3 Å². The van der Waals surface area contributed by atoms with Gasteiger partial charge in [-0.25, -0.2) is 4.79 Å². The number of hydrogen-bond acceptors (Lipinski definition) is 15. The van der Waals surface area contributed by atoms with Gasteiger partial charge in [-0.05, 0) is 50.1 Å². The van der Waals surface area contributed by atoms with E-state index in [1.54, 1.807) is 51.1 Å². The molecular formula is C42H68N10O15. The van der Waals surface area contributed by atoms with E-state index >= 15 is 0 Å². The number of nitrogens with one attached hydrogen (secondary N) is 8. The summed E-state index contributed by atoms with van der Waals surface area (Å²) >= 11 is 0. The van der Waals surface area contributed by atoms with Crippen LogP contribution in [0.3, 0.4) is 0 Å². The summed E-state index contributed by atoms with van der Waals surface area (Å²) in [4.78, 5) is 129. The van der Waals surface area contributed by atoms with Crippen molar-refractivity contribution in [3.63, 3.8) is 0 Å². The Hall–Kier alpha value is -6.28. The molecule has 67 heavy (non-hydrogen) atoms. The number of nitrogens with two attached hydrogens (primary N) is 2. The van der Waals surface area contributed by atoms with Crippen molar-refractivity contribution in [1.82, 2.24) is 42.5 Å². The molecule has 0 saturated heterocycles. The van der Waals surface area contributed by atoms with E-state index in [1.807, 2.05) is 17.6 Å². The zero-order valence-corrected chi connectivity index (χ0v) is 38.3. The molecular weight excluding hydrogens is 885 g/mol. The van der Waals surface area contributed by atoms with Crippen molar-refractivity contribution >= 4 is 59.2 Å². The molecule has 0 unspecified atom stereocenters. The monoisotopic (exact) mass is 952 g/mol. The summed E-state index contributed by atoms with van der Waals surface area (Å²) in [7, 11) is 0. The maximum absolute atomic E-state index is 13.9. The van der Waals surface area contributed by atoms with Crippen molar-refractivity contribution in [3.05, 3.63) is 35.9 Å². The van der Waals surface area contributed by atoms with Gasteiger partial charge >= 0.3 is 11.9 Å². The van der Waals surface area contributed by atoms with E-state index in [0.29, 0.717) is 18.4 Å². The van der Waals surface area contributed by atoms with Gasteiger partial charge in [0.2, 0.25) is 47.3 Å². The van der Waals surface area contributed by atoms with Crippen LogP contribution in [0.25, 0.3) is 0 Å². The number of carbonyl (C=O) groups excluding carboxylic acids is 8. The number of aliphatic hydroxyl groups is 3. The fourth-order valence-electron chi connectivity index (χ4n) is 6.06. The predicted molar refractivity (Wildman–Crippen MR) is 238 cm³/mol. The summed E-state index contributed by atoms with van der Waals surface area (Å²) in [5.41, 5.74) is 12.3. The number of unbranched alkanes of at least 4 members (excludes halogenated alkanes) is 1. The Balaban J connectivity index is 3.25. The fraction of sp³-hybridized carbons (Fsp3) is 0.619. The SMILES string of the molecule is CC[C@H](C)[C@H](NC(=O)[C@@H](N)C(C)C)C(=O)N[C@@H](Cc1ccccc1)C(=O)N[C@@H](CO)C(=O)N[C@@H](CCCCN)C(=O)N[C@@H](C)C(=O)N[C@@H](CO)C(=O)N[C@@H](CC(=O)O)C(=O)N[C@@H](CO)C(=O)O. The topological polar surface area (TPSA) is 420 Å². The lowest BCUT2D eigenvalue weighted by Crippen LogP contribution is -2.61. The van der Waals surface area contributed by atoms with Gasteiger partial charge in [-0.3, -0.25) is 43.2 Å². The van der Waals surface area contributed by atoms with Gasteiger partial charge in [0.25, 0.3) is 0 Å². The quantitative estimate of drug-likeness (QED) is 0.0309. The van der Waals surface area contributed by atoms with Crippen LogP contribution in [-0.2, 0) is 54.4 Å². The number of amides is 8. The standard InChI is InChI=1S/C42H68N10O15/c1-6-22(4)33(52-40(64)32(44)21(2)3)41(65)48-26(16-24-12-8-7-9-13-24)36(60)50-29(19-54)38(62)46-25(14-10-11-15-43)35(59)45-23(5)34(58)49-28(18-53)39(63)47-27(17-31(56)57)37(61)51-30(20-55)42(66)67/h7-9,12-13,21-23,25-30,32-33,53-55H,6,10-11,14-20,43-44H2,1-5H3,(H,45,59)(H,46,62)(H,47,63)(H,48,65)(H,49,58)(H,50,60)(H,51,61)(H,52,64)(H,56,57)(H,66,67)/t22-,23-,25-,26-,27-,28-,29-,30-,32-,33-/m0/s1. The summed E-state index contributed by atoms with van der Waals surface area (Å²) in [5, 5.41) is 66.2. The Bertz CT molecular complexity index is 1840. The Morgan fingerprint density at radius 3 is 1.51 bits per heavy atom. The van der Waals surface area contributed by atoms with Crippen LogP contribution in [0, 0.1) is 11.8 Å². The largest absolute Gasteiger partial charge is 0.481 e. The van der Waals surface area contributed by atoms with Crippen LogP contribution in [0.2, 0.25) is 0 Å². The van der Waals surface area contributed by atoms with E-state index in [2.05, 4.69) is 31.9 Å². The molecule has 17 N–H and O–H groups in total. The van der Waals surface area contributed by atoms with Crippen LogP contribution >= 0.6 is 0 Å². The smallest absolute Gasteiger partial charge is 0.328 e. The second-order valence-corrected chi connectivity index (χ2v) is 16.2. The van der Waals surface area contributed by atoms with Crippen LogP contribution in [0.1, 0.15) is 72.3 Å². The molecule has 0 aromatic heterocycles. The average molecular weight is 953 g/mol. The number of carboxylic acid groups (broad SMARTS) is 2. The first-order valence-electron chi connectivity index (χ1n) is 21.7. The van der Waals surface area contributed by atoms with Crippen molar-refractivity contribution in [2.75, 3.05) is 26.4 Å². The van der Waals surface area contributed by atoms with E-state index < -0.39 is 146 Å². The second kappa shape index (κ2) is 30.1. The van der Waals surface area contributed by atoms with Gasteiger partial charge in [0.05, 0.1) is 32.3 Å². The first-order chi connectivity index (χ1) is 31.5. The van der Waals surface area contributed by atoms with Crippen molar-refractivity contribution in [2.24, 2.45) is 23.3 Å². The Labute approximate surface area is 387 Å². The van der Waals surface area contributed by atoms with E-state index in [-0.39, 0.29) is 31.7 Å². The van der Waals surface area contributed by atoms with Gasteiger partial charge in [0.15, 0.2) is 0 Å². The van der Waals surface area contributed by atoms with Crippen LogP contribution < -0.4 is 54.0 Å². The first-order valence-corrected chi connectivity index (χ1v) is 21.7. The summed E-state index contributed by atoms with van der Waals surface area (Å²) in [6.45, 7) is 5.26. The summed E-state index contributed by atoms with van der Waals surface area (Å²) < 4.78 is 0. The third-order valence-corrected chi connectivity index (χ3v) is 10.5. The summed E-state index contributed by atoms with van der Waals surface area (Å²) in [6, 6.07) is -5.00. The molecule has 0 aliphatic rings. The van der Waals surface area contributed by atoms with Crippen LogP contribution in [0.4, 0.5) is 0 Å². The third-order valence-electron chi connectivity index (χ3n) is 10.5. The Morgan fingerprint density at radius 1 is 0.552 bits per heavy atom. The average Bonchev–Trinajstić information content (AvgIpc) is 3.28. The highest BCUT2D eigenvalue weighted by Crippen LogP contribution is 2.12. The maximum atomic E-state index is 13.9. The highest BCUT2D eigenvalue weighted by molar-refractivity contribution is 5.98. The molecule has 1 aromatic rings. The molecule has 0 heterocycles. The molecule has 25 nitrogen and oxygen atoms in total. The minimum Gasteiger partial charge on any atom is -0.481 e. The third kappa shape index (κ3) is 20.4. The summed E-state index contributed by atoms with van der Waals surface area (Å²) in [6.07, 6.45) is -0.0706. The number of rotatable bonds is 31. The number of benzene rings is 1. The fourth-order valence-corrected chi connectivity index (χ4v) is 6.06. The molecule has 0 spiro atoms. The van der Waals surface area contributed by atoms with Gasteiger partial charge in [-0.15, -0.1) is 0 Å². The molecule has 0 fully saturated rings. The zero-order chi connectivity index (χ0) is 51.0. The molecule has 0 radical (unpaired) electrons. The van der Waals surface area contributed by atoms with E-state index in [1.165, 1.54) is 6.92 Å². The molecule has 1 aromatic carbocycles. The molecule has 0 aliphatic carbocycles. The number of carbonyl (C=O) groups is 10. The van der Waals surface area contributed by atoms with Gasteiger partial charge in [-0.2, -0.15) is 0 Å². The lowest BCUT2D eigenvalue weighted by Gasteiger charge is -2.29. The lowest BCUT2D eigenvalue weighted by molar-refractivity contribution is -0.144. The number of aliphatic carboxylic acids is 2. The van der Waals surface area contributed by atoms with Crippen LogP contribution in [0.15, 0.2) is 30.3 Å². The van der Waals surface area contributed by atoms with Crippen molar-refractivity contribution < 1.29 is 73.5 Å². The van der Waals surface area contributed by atoms with Gasteiger partial charge < -0.3 is 79.5 Å². The Morgan fingerprint density at radius 2 is 1.01 bits per heavy atom. The summed E-state index contributed by atoms with van der Waals surface area (Å²) in [5.74, 6) is -11.7. The van der Waals surface area contributed by atoms with Crippen LogP contribution in [0.5, 0.6) is 0 Å². The van der Waals surface area contributed by atoms with E-state index in [9.17, 15) is 68.4 Å². The van der Waals surface area contributed by atoms with E-state index in [0.717, 1.165) is 0 Å². The van der Waals surface area contributed by atoms with Crippen LogP contribution in [-0.4, -0.2) is 165 Å².